The van der Waals surface area contributed by atoms with Crippen LogP contribution in [-0.4, -0.2) is 0 Å². The molecule has 2 radical (unpaired) electrons. The van der Waals surface area contributed by atoms with Gasteiger partial charge < -0.3 is 0 Å². The standard InChI is InChI=1S/C10H9.C9H11/c1-8-4-2-5-9-6-3-7-10(8)9;1-2-6-9-7-4-3-5-8-9/h2-7H,1H3;4-5,7-8H,2,6H2,1H3. The van der Waals surface area contributed by atoms with Crippen LogP contribution in [0.5, 0.6) is 0 Å². The number of hydrogen-bond acceptors (Lipinski definition) is 0. The fourth-order valence-corrected chi connectivity index (χ4v) is 2.20. The van der Waals surface area contributed by atoms with Gasteiger partial charge in [0, 0.05) is 6.42 Å². The predicted octanol–water partition coefficient (Wildman–Crippen LogP) is 5.01. The van der Waals surface area contributed by atoms with E-state index in [1.807, 2.05) is 12.1 Å². The van der Waals surface area contributed by atoms with Gasteiger partial charge in [0.05, 0.1) is 0 Å². The normalized spacial score (nSPS) is 11.7. The van der Waals surface area contributed by atoms with E-state index in [2.05, 4.69) is 68.8 Å². The third-order valence-electron chi connectivity index (χ3n) is 3.22. The Kier molecular flexibility index (Phi) is 4.97. The molecule has 0 N–H and O–H groups in total. The molecule has 3 rings (SSSR count). The molecule has 1 aliphatic rings. The second-order valence-electron chi connectivity index (χ2n) is 4.76. The van der Waals surface area contributed by atoms with Gasteiger partial charge in [0.25, 0.3) is 0 Å². The summed E-state index contributed by atoms with van der Waals surface area (Å²) in [5.74, 6) is 0. The van der Waals surface area contributed by atoms with Crippen molar-refractivity contribution in [1.29, 1.82) is 0 Å². The molecule has 0 aliphatic heterocycles. The van der Waals surface area contributed by atoms with Crippen LogP contribution in [0.4, 0.5) is 0 Å². The van der Waals surface area contributed by atoms with Crippen LogP contribution in [-0.2, 0) is 6.42 Å². The maximum Gasteiger partial charge on any atom is 0.0134 e. The molecule has 0 fully saturated rings. The number of rotatable bonds is 2. The summed E-state index contributed by atoms with van der Waals surface area (Å²) >= 11 is 0. The van der Waals surface area contributed by atoms with E-state index in [1.165, 1.54) is 35.1 Å². The fourth-order valence-electron chi connectivity index (χ4n) is 2.20. The molecule has 0 heterocycles. The van der Waals surface area contributed by atoms with Crippen LogP contribution in [0.3, 0.4) is 0 Å². The molecule has 0 aromatic heterocycles. The summed E-state index contributed by atoms with van der Waals surface area (Å²) < 4.78 is 0. The molecule has 2 aromatic carbocycles. The zero-order valence-corrected chi connectivity index (χ0v) is 11.7. The molecular formula is C19H20. The minimum Gasteiger partial charge on any atom is -0.0754 e. The van der Waals surface area contributed by atoms with Gasteiger partial charge >= 0.3 is 0 Å². The largest absolute Gasteiger partial charge is 0.0754 e. The van der Waals surface area contributed by atoms with E-state index in [0.717, 1.165) is 0 Å². The Bertz CT molecular complexity index is 535. The van der Waals surface area contributed by atoms with Crippen LogP contribution < -0.4 is 0 Å². The van der Waals surface area contributed by atoms with Gasteiger partial charge in [0.1, 0.15) is 0 Å². The monoisotopic (exact) mass is 248 g/mol. The van der Waals surface area contributed by atoms with Crippen LogP contribution in [0.25, 0.3) is 6.08 Å². The second-order valence-corrected chi connectivity index (χ2v) is 4.76. The van der Waals surface area contributed by atoms with Crippen LogP contribution in [0, 0.1) is 19.4 Å². The van der Waals surface area contributed by atoms with E-state index in [-0.39, 0.29) is 0 Å². The van der Waals surface area contributed by atoms with Crippen molar-refractivity contribution in [3.63, 3.8) is 0 Å². The first-order chi connectivity index (χ1) is 9.31. The van der Waals surface area contributed by atoms with E-state index in [9.17, 15) is 0 Å². The molecule has 2 aromatic rings. The Morgan fingerprint density at radius 1 is 1.05 bits per heavy atom. The van der Waals surface area contributed by atoms with Gasteiger partial charge in [0.2, 0.25) is 0 Å². The summed E-state index contributed by atoms with van der Waals surface area (Å²) in [6, 6.07) is 17.5. The van der Waals surface area contributed by atoms with Crippen molar-refractivity contribution in [2.45, 2.75) is 26.7 Å². The van der Waals surface area contributed by atoms with Crippen molar-refractivity contribution in [3.05, 3.63) is 83.3 Å². The Labute approximate surface area is 116 Å². The highest BCUT2D eigenvalue weighted by Crippen LogP contribution is 2.23. The molecule has 0 unspecified atom stereocenters. The van der Waals surface area contributed by atoms with E-state index < -0.39 is 0 Å². The SMILES string of the molecule is CCCc1cc[c]cc1.Cc1cccc2c1[CH]C=C2. The lowest BCUT2D eigenvalue weighted by molar-refractivity contribution is 0.922. The van der Waals surface area contributed by atoms with Gasteiger partial charge in [-0.1, -0.05) is 68.0 Å². The van der Waals surface area contributed by atoms with Crippen LogP contribution in [0.2, 0.25) is 0 Å². The van der Waals surface area contributed by atoms with Crippen LogP contribution >= 0.6 is 0 Å². The minimum absolute atomic E-state index is 1.19. The highest BCUT2D eigenvalue weighted by atomic mass is 14.1. The Morgan fingerprint density at radius 2 is 1.84 bits per heavy atom. The average molecular weight is 248 g/mol. The Morgan fingerprint density at radius 3 is 2.53 bits per heavy atom. The quantitative estimate of drug-likeness (QED) is 0.700. The molecular weight excluding hydrogens is 228 g/mol. The highest BCUT2D eigenvalue weighted by molar-refractivity contribution is 5.66. The molecule has 0 heteroatoms. The molecule has 1 aliphatic carbocycles. The first-order valence-electron chi connectivity index (χ1n) is 6.87. The van der Waals surface area contributed by atoms with Crippen molar-refractivity contribution >= 4 is 6.08 Å². The number of allylic oxidation sites excluding steroid dienone is 1. The van der Waals surface area contributed by atoms with Gasteiger partial charge in [-0.15, -0.1) is 0 Å². The van der Waals surface area contributed by atoms with E-state index in [4.69, 9.17) is 0 Å². The number of fused-ring (bicyclic) bond motifs is 1. The van der Waals surface area contributed by atoms with Crippen molar-refractivity contribution < 1.29 is 0 Å². The number of benzene rings is 2. The molecule has 0 saturated heterocycles. The van der Waals surface area contributed by atoms with Crippen molar-refractivity contribution in [2.75, 3.05) is 0 Å². The zero-order valence-electron chi connectivity index (χ0n) is 11.7. The summed E-state index contributed by atoms with van der Waals surface area (Å²) in [7, 11) is 0. The lowest BCUT2D eigenvalue weighted by Crippen LogP contribution is -1.83. The molecule has 0 amide bonds. The van der Waals surface area contributed by atoms with Crippen molar-refractivity contribution in [3.8, 4) is 0 Å². The molecule has 0 bridgehead atoms. The molecule has 0 spiro atoms. The topological polar surface area (TPSA) is 0 Å². The van der Waals surface area contributed by atoms with Crippen molar-refractivity contribution in [2.24, 2.45) is 0 Å². The molecule has 0 saturated carbocycles. The lowest BCUT2D eigenvalue weighted by atomic mass is 10.0. The first kappa shape index (κ1) is 13.6. The van der Waals surface area contributed by atoms with Gasteiger partial charge in [0.15, 0.2) is 0 Å². The van der Waals surface area contributed by atoms with Crippen LogP contribution in [0.1, 0.15) is 35.6 Å². The summed E-state index contributed by atoms with van der Waals surface area (Å²) in [5.41, 5.74) is 5.50. The van der Waals surface area contributed by atoms with Crippen molar-refractivity contribution in [1.82, 2.24) is 0 Å². The molecule has 0 atom stereocenters. The first-order valence-corrected chi connectivity index (χ1v) is 6.87. The molecule has 19 heavy (non-hydrogen) atoms. The maximum atomic E-state index is 2.99. The van der Waals surface area contributed by atoms with Gasteiger partial charge in [-0.2, -0.15) is 0 Å². The fraction of sp³-hybridized carbons (Fsp3) is 0.211. The highest BCUT2D eigenvalue weighted by Gasteiger charge is 2.05. The lowest BCUT2D eigenvalue weighted by Gasteiger charge is -2.00. The molecule has 96 valence electrons. The summed E-state index contributed by atoms with van der Waals surface area (Å²) in [5, 5.41) is 0. The summed E-state index contributed by atoms with van der Waals surface area (Å²) in [6.45, 7) is 4.33. The van der Waals surface area contributed by atoms with Gasteiger partial charge in [-0.3, -0.25) is 0 Å². The molecule has 0 nitrogen and oxygen atoms in total. The van der Waals surface area contributed by atoms with E-state index in [1.54, 1.807) is 0 Å². The third kappa shape index (κ3) is 3.82. The van der Waals surface area contributed by atoms with E-state index >= 15 is 0 Å². The average Bonchev–Trinajstić information content (AvgIpc) is 2.91. The second kappa shape index (κ2) is 6.94. The maximum absolute atomic E-state index is 2.99. The minimum atomic E-state index is 1.19. The van der Waals surface area contributed by atoms with Gasteiger partial charge in [-0.25, -0.2) is 0 Å². The Hall–Kier alpha value is -1.82. The third-order valence-corrected chi connectivity index (χ3v) is 3.22. The Balaban J connectivity index is 0.000000141. The van der Waals surface area contributed by atoms with Crippen LogP contribution in [0.15, 0.2) is 48.5 Å². The number of aryl methyl sites for hydroxylation is 2. The predicted molar refractivity (Wildman–Crippen MR) is 82.9 cm³/mol. The van der Waals surface area contributed by atoms with E-state index in [0.29, 0.717) is 0 Å². The summed E-state index contributed by atoms with van der Waals surface area (Å²) in [4.78, 5) is 0. The number of hydrogen-bond donors (Lipinski definition) is 0. The van der Waals surface area contributed by atoms with Gasteiger partial charge in [-0.05, 0) is 41.7 Å². The smallest absolute Gasteiger partial charge is 0.0134 e. The summed E-state index contributed by atoms with van der Waals surface area (Å²) in [6.07, 6.45) is 8.81. The zero-order chi connectivity index (χ0) is 13.5.